The molecule has 1 aliphatic heterocycles. The summed E-state index contributed by atoms with van der Waals surface area (Å²) in [6, 6.07) is 0.578. The molecule has 2 N–H and O–H groups in total. The second kappa shape index (κ2) is 7.02. The predicted octanol–water partition coefficient (Wildman–Crippen LogP) is 0.390. The first-order chi connectivity index (χ1) is 9.05. The van der Waals surface area contributed by atoms with Crippen LogP contribution in [0.1, 0.15) is 32.1 Å². The van der Waals surface area contributed by atoms with E-state index in [1.807, 2.05) is 0 Å². The number of nitrogens with zero attached hydrogens (tertiary/aromatic N) is 1. The molecular weight excluding hydrogens is 262 g/mol. The molecule has 0 bridgehead atoms. The van der Waals surface area contributed by atoms with Gasteiger partial charge in [-0.05, 0) is 58.2 Å². The predicted molar refractivity (Wildman–Crippen MR) is 77.7 cm³/mol. The molecule has 6 heteroatoms. The summed E-state index contributed by atoms with van der Waals surface area (Å²) in [4.78, 5) is 2.34. The van der Waals surface area contributed by atoms with Crippen LogP contribution >= 0.6 is 0 Å². The minimum Gasteiger partial charge on any atom is -0.313 e. The van der Waals surface area contributed by atoms with Gasteiger partial charge < -0.3 is 10.2 Å². The Bertz CT molecular complexity index is 360. The number of piperidine rings is 1. The van der Waals surface area contributed by atoms with E-state index in [9.17, 15) is 8.42 Å². The first-order valence-electron chi connectivity index (χ1n) is 7.44. The molecule has 0 atom stereocenters. The number of hydrogen-bond acceptors (Lipinski definition) is 4. The summed E-state index contributed by atoms with van der Waals surface area (Å²) in [5.41, 5.74) is 0. The summed E-state index contributed by atoms with van der Waals surface area (Å²) in [6.45, 7) is 3.46. The Kier molecular flexibility index (Phi) is 5.62. The zero-order valence-corrected chi connectivity index (χ0v) is 12.7. The van der Waals surface area contributed by atoms with E-state index >= 15 is 0 Å². The Morgan fingerprint density at radius 2 is 1.79 bits per heavy atom. The molecule has 0 unspecified atom stereocenters. The SMILES string of the molecule is CN1CCC(CCNS(=O)(=O)CCNC2CC2)CC1. The minimum atomic E-state index is -3.08. The average Bonchev–Trinajstić information content (AvgIpc) is 3.15. The molecule has 19 heavy (non-hydrogen) atoms. The van der Waals surface area contributed by atoms with Gasteiger partial charge in [0.2, 0.25) is 10.0 Å². The molecule has 0 spiro atoms. The fourth-order valence-corrected chi connectivity index (χ4v) is 3.49. The standard InChI is InChI=1S/C13H27N3O2S/c1-16-9-5-12(6-10-16)4-7-15-19(17,18)11-8-14-13-2-3-13/h12-15H,2-11H2,1H3. The van der Waals surface area contributed by atoms with Gasteiger partial charge in [-0.1, -0.05) is 0 Å². The highest BCUT2D eigenvalue weighted by Crippen LogP contribution is 2.19. The highest BCUT2D eigenvalue weighted by Gasteiger charge is 2.21. The molecule has 5 nitrogen and oxygen atoms in total. The normalized spacial score (nSPS) is 22.8. The Hall–Kier alpha value is -0.170. The molecule has 0 aromatic heterocycles. The lowest BCUT2D eigenvalue weighted by atomic mass is 9.94. The maximum atomic E-state index is 11.8. The van der Waals surface area contributed by atoms with Crippen LogP contribution < -0.4 is 10.0 Å². The highest BCUT2D eigenvalue weighted by molar-refractivity contribution is 7.89. The molecule has 1 saturated carbocycles. The quantitative estimate of drug-likeness (QED) is 0.678. The van der Waals surface area contributed by atoms with Crippen molar-refractivity contribution >= 4 is 10.0 Å². The maximum absolute atomic E-state index is 11.8. The third-order valence-electron chi connectivity index (χ3n) is 4.09. The monoisotopic (exact) mass is 289 g/mol. The average molecular weight is 289 g/mol. The summed E-state index contributed by atoms with van der Waals surface area (Å²) < 4.78 is 26.3. The van der Waals surface area contributed by atoms with E-state index < -0.39 is 10.0 Å². The van der Waals surface area contributed by atoms with Crippen LogP contribution in [0.25, 0.3) is 0 Å². The first-order valence-corrected chi connectivity index (χ1v) is 9.10. The van der Waals surface area contributed by atoms with E-state index in [-0.39, 0.29) is 5.75 Å². The first kappa shape index (κ1) is 15.2. The van der Waals surface area contributed by atoms with Gasteiger partial charge in [0.15, 0.2) is 0 Å². The molecule has 0 aromatic rings. The second-order valence-electron chi connectivity index (χ2n) is 5.98. The molecule has 1 heterocycles. The summed E-state index contributed by atoms with van der Waals surface area (Å²) in [5.74, 6) is 0.889. The number of nitrogens with one attached hydrogen (secondary N) is 2. The van der Waals surface area contributed by atoms with Gasteiger partial charge in [-0.25, -0.2) is 13.1 Å². The van der Waals surface area contributed by atoms with Gasteiger partial charge in [-0.3, -0.25) is 0 Å². The van der Waals surface area contributed by atoms with Crippen LogP contribution in [-0.2, 0) is 10.0 Å². The fourth-order valence-electron chi connectivity index (χ4n) is 2.53. The van der Waals surface area contributed by atoms with Crippen LogP contribution in [0.2, 0.25) is 0 Å². The van der Waals surface area contributed by atoms with E-state index in [2.05, 4.69) is 22.0 Å². The Morgan fingerprint density at radius 3 is 2.42 bits per heavy atom. The zero-order chi connectivity index (χ0) is 13.7. The van der Waals surface area contributed by atoms with E-state index in [0.29, 0.717) is 25.0 Å². The molecule has 2 fully saturated rings. The molecule has 0 amide bonds. The Balaban J connectivity index is 1.55. The smallest absolute Gasteiger partial charge is 0.212 e. The van der Waals surface area contributed by atoms with Crippen LogP contribution in [0.3, 0.4) is 0 Å². The summed E-state index contributed by atoms with van der Waals surface area (Å²) in [5, 5.41) is 3.23. The number of rotatable bonds is 8. The molecular formula is C13H27N3O2S. The fraction of sp³-hybridized carbons (Fsp3) is 1.00. The largest absolute Gasteiger partial charge is 0.313 e. The Labute approximate surface area is 117 Å². The highest BCUT2D eigenvalue weighted by atomic mass is 32.2. The lowest BCUT2D eigenvalue weighted by molar-refractivity contribution is 0.213. The molecule has 0 radical (unpaired) electrons. The van der Waals surface area contributed by atoms with Gasteiger partial charge >= 0.3 is 0 Å². The van der Waals surface area contributed by atoms with Crippen LogP contribution in [0.15, 0.2) is 0 Å². The molecule has 1 saturated heterocycles. The Morgan fingerprint density at radius 1 is 1.11 bits per heavy atom. The van der Waals surface area contributed by atoms with Gasteiger partial charge in [-0.2, -0.15) is 0 Å². The van der Waals surface area contributed by atoms with E-state index in [0.717, 1.165) is 19.5 Å². The van der Waals surface area contributed by atoms with E-state index in [1.54, 1.807) is 0 Å². The summed E-state index contributed by atoms with van der Waals surface area (Å²) in [7, 11) is -0.939. The minimum absolute atomic E-state index is 0.205. The molecule has 2 aliphatic rings. The number of sulfonamides is 1. The van der Waals surface area contributed by atoms with Crippen LogP contribution in [-0.4, -0.2) is 58.3 Å². The third kappa shape index (κ3) is 6.21. The molecule has 0 aromatic carbocycles. The topological polar surface area (TPSA) is 61.4 Å². The lowest BCUT2D eigenvalue weighted by Gasteiger charge is -2.28. The van der Waals surface area contributed by atoms with Gasteiger partial charge in [-0.15, -0.1) is 0 Å². The van der Waals surface area contributed by atoms with Crippen molar-refractivity contribution in [3.63, 3.8) is 0 Å². The van der Waals surface area contributed by atoms with Crippen molar-refractivity contribution in [2.45, 2.75) is 38.1 Å². The summed E-state index contributed by atoms with van der Waals surface area (Å²) in [6.07, 6.45) is 5.76. The zero-order valence-electron chi connectivity index (χ0n) is 11.9. The lowest BCUT2D eigenvalue weighted by Crippen LogP contribution is -2.35. The van der Waals surface area contributed by atoms with Crippen molar-refractivity contribution in [2.75, 3.05) is 39.0 Å². The maximum Gasteiger partial charge on any atom is 0.212 e. The number of likely N-dealkylation sites (tertiary alicyclic amines) is 1. The second-order valence-corrected chi connectivity index (χ2v) is 7.90. The van der Waals surface area contributed by atoms with Gasteiger partial charge in [0, 0.05) is 19.1 Å². The van der Waals surface area contributed by atoms with Crippen LogP contribution in [0, 0.1) is 5.92 Å². The van der Waals surface area contributed by atoms with Crippen molar-refractivity contribution in [2.24, 2.45) is 5.92 Å². The van der Waals surface area contributed by atoms with Gasteiger partial charge in [0.05, 0.1) is 5.75 Å². The van der Waals surface area contributed by atoms with Crippen molar-refractivity contribution in [1.29, 1.82) is 0 Å². The van der Waals surface area contributed by atoms with Crippen LogP contribution in [0.5, 0.6) is 0 Å². The molecule has 112 valence electrons. The van der Waals surface area contributed by atoms with E-state index in [1.165, 1.54) is 25.7 Å². The van der Waals surface area contributed by atoms with E-state index in [4.69, 9.17) is 0 Å². The van der Waals surface area contributed by atoms with Crippen molar-refractivity contribution in [1.82, 2.24) is 14.9 Å². The van der Waals surface area contributed by atoms with Gasteiger partial charge in [0.25, 0.3) is 0 Å². The number of hydrogen-bond donors (Lipinski definition) is 2. The van der Waals surface area contributed by atoms with Crippen LogP contribution in [0.4, 0.5) is 0 Å². The van der Waals surface area contributed by atoms with Crippen molar-refractivity contribution < 1.29 is 8.42 Å². The van der Waals surface area contributed by atoms with Gasteiger partial charge in [0.1, 0.15) is 0 Å². The third-order valence-corrected chi connectivity index (χ3v) is 5.48. The summed E-state index contributed by atoms with van der Waals surface area (Å²) >= 11 is 0. The molecule has 1 aliphatic carbocycles. The molecule has 2 rings (SSSR count). The van der Waals surface area contributed by atoms with Crippen molar-refractivity contribution in [3.8, 4) is 0 Å². The van der Waals surface area contributed by atoms with Crippen molar-refractivity contribution in [3.05, 3.63) is 0 Å².